The van der Waals surface area contributed by atoms with Crippen LogP contribution in [0.25, 0.3) is 0 Å². The maximum Gasteiger partial charge on any atom is 0.322 e. The summed E-state index contributed by atoms with van der Waals surface area (Å²) in [5.41, 5.74) is 0.636. The maximum absolute atomic E-state index is 12.9. The van der Waals surface area contributed by atoms with Crippen molar-refractivity contribution in [2.75, 3.05) is 11.9 Å². The summed E-state index contributed by atoms with van der Waals surface area (Å²) < 4.78 is 12.9. The Hall–Kier alpha value is -1.62. The molecular formula is C16H22FN3O. The molecule has 2 aliphatic heterocycles. The van der Waals surface area contributed by atoms with Gasteiger partial charge < -0.3 is 15.5 Å². The van der Waals surface area contributed by atoms with E-state index >= 15 is 0 Å². The number of halogens is 1. The van der Waals surface area contributed by atoms with E-state index in [1.807, 2.05) is 11.8 Å². The van der Waals surface area contributed by atoms with Crippen molar-refractivity contribution in [3.63, 3.8) is 0 Å². The molecule has 5 heteroatoms. The first-order valence-electron chi connectivity index (χ1n) is 7.75. The fourth-order valence-electron chi connectivity index (χ4n) is 3.58. The van der Waals surface area contributed by atoms with Gasteiger partial charge in [-0.3, -0.25) is 0 Å². The van der Waals surface area contributed by atoms with Crippen molar-refractivity contribution >= 4 is 11.7 Å². The van der Waals surface area contributed by atoms with Crippen molar-refractivity contribution in [3.05, 3.63) is 30.1 Å². The molecule has 2 aliphatic rings. The summed E-state index contributed by atoms with van der Waals surface area (Å²) in [5.74, 6) is -0.296. The van der Waals surface area contributed by atoms with Crippen molar-refractivity contribution in [2.24, 2.45) is 0 Å². The number of nitrogens with one attached hydrogen (secondary N) is 2. The van der Waals surface area contributed by atoms with E-state index in [-0.39, 0.29) is 11.8 Å². The highest BCUT2D eigenvalue weighted by molar-refractivity contribution is 5.89. The zero-order valence-corrected chi connectivity index (χ0v) is 12.3. The molecule has 0 aliphatic carbocycles. The summed E-state index contributed by atoms with van der Waals surface area (Å²) in [6.45, 7) is 2.70. The SMILES string of the molecule is CCN(C(=O)Nc1ccc(F)cc1)C1CC2CCC(C1)N2. The number of carbonyl (C=O) groups excluding carboxylic acids is 1. The second kappa shape index (κ2) is 6.02. The molecule has 1 aromatic carbocycles. The summed E-state index contributed by atoms with van der Waals surface area (Å²) in [6.07, 6.45) is 4.50. The number of carbonyl (C=O) groups is 1. The Bertz CT molecular complexity index is 493. The van der Waals surface area contributed by atoms with Gasteiger partial charge in [0.05, 0.1) is 0 Å². The Kier molecular flexibility index (Phi) is 4.10. The molecule has 0 aromatic heterocycles. The van der Waals surface area contributed by atoms with Gasteiger partial charge in [-0.1, -0.05) is 0 Å². The minimum Gasteiger partial charge on any atom is -0.322 e. The predicted molar refractivity (Wildman–Crippen MR) is 80.8 cm³/mol. The average Bonchev–Trinajstić information content (AvgIpc) is 2.81. The third-order valence-corrected chi connectivity index (χ3v) is 4.59. The van der Waals surface area contributed by atoms with Gasteiger partial charge in [0.1, 0.15) is 5.82 Å². The van der Waals surface area contributed by atoms with E-state index < -0.39 is 0 Å². The lowest BCUT2D eigenvalue weighted by Crippen LogP contribution is -2.51. The lowest BCUT2D eigenvalue weighted by Gasteiger charge is -2.37. The Labute approximate surface area is 124 Å². The van der Waals surface area contributed by atoms with E-state index in [9.17, 15) is 9.18 Å². The van der Waals surface area contributed by atoms with Crippen molar-refractivity contribution in [2.45, 2.75) is 50.7 Å². The number of urea groups is 1. The van der Waals surface area contributed by atoms with Crippen LogP contribution in [0.3, 0.4) is 0 Å². The van der Waals surface area contributed by atoms with Gasteiger partial charge in [0.15, 0.2) is 0 Å². The van der Waals surface area contributed by atoms with Crippen LogP contribution in [-0.2, 0) is 0 Å². The van der Waals surface area contributed by atoms with Gasteiger partial charge in [0, 0.05) is 30.4 Å². The van der Waals surface area contributed by atoms with E-state index in [0.717, 1.165) is 12.8 Å². The van der Waals surface area contributed by atoms with E-state index in [1.54, 1.807) is 12.1 Å². The minimum atomic E-state index is -0.296. The molecule has 2 N–H and O–H groups in total. The third kappa shape index (κ3) is 3.18. The van der Waals surface area contributed by atoms with Crippen molar-refractivity contribution < 1.29 is 9.18 Å². The van der Waals surface area contributed by atoms with Crippen LogP contribution in [0.2, 0.25) is 0 Å². The molecule has 21 heavy (non-hydrogen) atoms. The smallest absolute Gasteiger partial charge is 0.322 e. The maximum atomic E-state index is 12.9. The van der Waals surface area contributed by atoms with Crippen molar-refractivity contribution in [1.29, 1.82) is 0 Å². The number of rotatable bonds is 3. The fraction of sp³-hybridized carbons (Fsp3) is 0.562. The standard InChI is InChI=1S/C16H22FN3O/c1-2-20(15-9-13-7-8-14(10-15)18-13)16(21)19-12-5-3-11(17)4-6-12/h3-6,13-15,18H,2,7-10H2,1H3,(H,19,21). The number of nitrogens with zero attached hydrogens (tertiary/aromatic N) is 1. The van der Waals surface area contributed by atoms with Crippen LogP contribution < -0.4 is 10.6 Å². The van der Waals surface area contributed by atoms with Crippen molar-refractivity contribution in [1.82, 2.24) is 10.2 Å². The Morgan fingerprint density at radius 3 is 2.48 bits per heavy atom. The molecule has 1 aromatic rings. The first kappa shape index (κ1) is 14.3. The van der Waals surface area contributed by atoms with Crippen molar-refractivity contribution in [3.8, 4) is 0 Å². The summed E-state index contributed by atoms with van der Waals surface area (Å²) in [4.78, 5) is 14.4. The molecule has 114 valence electrons. The Morgan fingerprint density at radius 2 is 1.90 bits per heavy atom. The molecule has 0 spiro atoms. The minimum absolute atomic E-state index is 0.0876. The zero-order chi connectivity index (χ0) is 14.8. The molecule has 0 radical (unpaired) electrons. The second-order valence-corrected chi connectivity index (χ2v) is 5.99. The van der Waals surface area contributed by atoms with E-state index in [1.165, 1.54) is 25.0 Å². The first-order valence-corrected chi connectivity index (χ1v) is 7.75. The first-order chi connectivity index (χ1) is 10.2. The van der Waals surface area contributed by atoms with E-state index in [4.69, 9.17) is 0 Å². The summed E-state index contributed by atoms with van der Waals surface area (Å²) in [5, 5.41) is 6.46. The van der Waals surface area contributed by atoms with E-state index in [0.29, 0.717) is 30.4 Å². The lowest BCUT2D eigenvalue weighted by atomic mass is 9.98. The summed E-state index contributed by atoms with van der Waals surface area (Å²) in [7, 11) is 0. The molecule has 0 saturated carbocycles. The van der Waals surface area contributed by atoms with Gasteiger partial charge in [0.25, 0.3) is 0 Å². The zero-order valence-electron chi connectivity index (χ0n) is 12.3. The van der Waals surface area contributed by atoms with Crippen LogP contribution in [0.15, 0.2) is 24.3 Å². The average molecular weight is 291 g/mol. The predicted octanol–water partition coefficient (Wildman–Crippen LogP) is 2.96. The van der Waals surface area contributed by atoms with E-state index in [2.05, 4.69) is 10.6 Å². The number of hydrogen-bond donors (Lipinski definition) is 2. The van der Waals surface area contributed by atoms with Crippen LogP contribution >= 0.6 is 0 Å². The molecule has 2 amide bonds. The Morgan fingerprint density at radius 1 is 1.29 bits per heavy atom. The molecule has 2 saturated heterocycles. The third-order valence-electron chi connectivity index (χ3n) is 4.59. The molecule has 3 rings (SSSR count). The molecule has 2 heterocycles. The van der Waals surface area contributed by atoms with Gasteiger partial charge in [-0.15, -0.1) is 0 Å². The van der Waals surface area contributed by atoms with Gasteiger partial charge in [0.2, 0.25) is 0 Å². The summed E-state index contributed by atoms with van der Waals surface area (Å²) >= 11 is 0. The largest absolute Gasteiger partial charge is 0.322 e. The van der Waals surface area contributed by atoms with Crippen LogP contribution in [0, 0.1) is 5.82 Å². The highest BCUT2D eigenvalue weighted by atomic mass is 19.1. The number of fused-ring (bicyclic) bond motifs is 2. The highest BCUT2D eigenvalue weighted by Crippen LogP contribution is 2.30. The Balaban J connectivity index is 1.65. The molecule has 2 unspecified atom stereocenters. The van der Waals surface area contributed by atoms with Gasteiger partial charge in [-0.25, -0.2) is 9.18 Å². The van der Waals surface area contributed by atoms with Crippen LogP contribution in [0.1, 0.15) is 32.6 Å². The number of piperidine rings is 1. The normalized spacial score (nSPS) is 27.4. The van der Waals surface area contributed by atoms with Gasteiger partial charge >= 0.3 is 6.03 Å². The van der Waals surface area contributed by atoms with Gasteiger partial charge in [-0.05, 0) is 56.9 Å². The topological polar surface area (TPSA) is 44.4 Å². The van der Waals surface area contributed by atoms with Crippen LogP contribution in [0.5, 0.6) is 0 Å². The fourth-order valence-corrected chi connectivity index (χ4v) is 3.58. The number of anilines is 1. The molecule has 4 nitrogen and oxygen atoms in total. The quantitative estimate of drug-likeness (QED) is 0.899. The van der Waals surface area contributed by atoms with Crippen LogP contribution in [0.4, 0.5) is 14.9 Å². The summed E-state index contributed by atoms with van der Waals surface area (Å²) in [6, 6.07) is 7.22. The lowest BCUT2D eigenvalue weighted by molar-refractivity contribution is 0.162. The molecule has 2 atom stereocenters. The molecular weight excluding hydrogens is 269 g/mol. The second-order valence-electron chi connectivity index (χ2n) is 5.99. The number of amides is 2. The van der Waals surface area contributed by atoms with Crippen LogP contribution in [-0.4, -0.2) is 35.6 Å². The number of hydrogen-bond acceptors (Lipinski definition) is 2. The number of benzene rings is 1. The molecule has 2 bridgehead atoms. The molecule has 2 fully saturated rings. The monoisotopic (exact) mass is 291 g/mol. The van der Waals surface area contributed by atoms with Gasteiger partial charge in [-0.2, -0.15) is 0 Å². The highest BCUT2D eigenvalue weighted by Gasteiger charge is 2.37.